The minimum Gasteiger partial charge on any atom is -0.504 e. The van der Waals surface area contributed by atoms with Crippen LogP contribution in [0.25, 0.3) is 0 Å². The number of aliphatic hydroxyl groups excluding tert-OH is 4. The van der Waals surface area contributed by atoms with Gasteiger partial charge in [-0.15, -0.1) is 0 Å². The van der Waals surface area contributed by atoms with Crippen molar-refractivity contribution in [3.05, 3.63) is 47.3 Å². The molecule has 4 N–H and O–H groups in total. The van der Waals surface area contributed by atoms with Gasteiger partial charge in [0, 0.05) is 66.1 Å². The topological polar surface area (TPSA) is 149 Å². The van der Waals surface area contributed by atoms with Crippen molar-refractivity contribution in [2.45, 2.75) is 52.4 Å². The number of halogens is 12. The quantitative estimate of drug-likeness (QED) is 0.148. The van der Waals surface area contributed by atoms with E-state index in [-0.39, 0.29) is 66.1 Å². The summed E-state index contributed by atoms with van der Waals surface area (Å²) in [5.74, 6) is -10.8. The summed E-state index contributed by atoms with van der Waals surface area (Å²) in [5, 5.41) is 32.3. The normalized spacial score (nSPS) is 13.1. The van der Waals surface area contributed by atoms with Crippen LogP contribution in [0.5, 0.6) is 0 Å². The molecular formula is C20H20CeF12O8. The SMILES string of the molecule is CC(=O)C=C(O)C(F)(F)F.CC(=O)C=C(O)C(F)(F)F.CC(=O)C=C(O)C(F)(F)F.CC(=O)C=C(O)C(F)(F)F.[Ce]. The van der Waals surface area contributed by atoms with Crippen molar-refractivity contribution in [2.75, 3.05) is 0 Å². The van der Waals surface area contributed by atoms with E-state index in [4.69, 9.17) is 20.4 Å². The zero-order valence-corrected chi connectivity index (χ0v) is 23.9. The summed E-state index contributed by atoms with van der Waals surface area (Å²) < 4.78 is 136. The average Bonchev–Trinajstić information content (AvgIpc) is 2.64. The third-order valence-corrected chi connectivity index (χ3v) is 2.52. The molecule has 8 nitrogen and oxygen atoms in total. The largest absolute Gasteiger partial charge is 0.504 e. The molecule has 0 bridgehead atoms. The Morgan fingerprint density at radius 2 is 0.488 bits per heavy atom. The van der Waals surface area contributed by atoms with Gasteiger partial charge in [0.1, 0.15) is 0 Å². The average molecular weight is 756 g/mol. The predicted molar refractivity (Wildman–Crippen MR) is 110 cm³/mol. The number of hydrogen-bond acceptors (Lipinski definition) is 8. The predicted octanol–water partition coefficient (Wildman–Crippen LogP) is 6.32. The first-order valence-electron chi connectivity index (χ1n) is 9.29. The number of alkyl halides is 12. The van der Waals surface area contributed by atoms with Gasteiger partial charge in [0.15, 0.2) is 23.1 Å². The number of carbonyl (C=O) groups excluding carboxylic acids is 4. The molecule has 0 saturated heterocycles. The second-order valence-corrected chi connectivity index (χ2v) is 6.55. The molecule has 0 aromatic heterocycles. The molecule has 0 saturated carbocycles. The van der Waals surface area contributed by atoms with Gasteiger partial charge in [-0.3, -0.25) is 19.2 Å². The molecule has 0 aliphatic rings. The van der Waals surface area contributed by atoms with Crippen LogP contribution in [0.3, 0.4) is 0 Å². The number of rotatable bonds is 4. The molecule has 236 valence electrons. The van der Waals surface area contributed by atoms with Crippen LogP contribution in [-0.2, 0) is 19.2 Å². The summed E-state index contributed by atoms with van der Waals surface area (Å²) in [6, 6.07) is 0. The maximum Gasteiger partial charge on any atom is 0.448 e. The first-order chi connectivity index (χ1) is 17.3. The van der Waals surface area contributed by atoms with Crippen LogP contribution < -0.4 is 0 Å². The third kappa shape index (κ3) is 33.5. The van der Waals surface area contributed by atoms with E-state index in [0.717, 1.165) is 27.7 Å². The second-order valence-electron chi connectivity index (χ2n) is 6.55. The van der Waals surface area contributed by atoms with Gasteiger partial charge in [0.2, 0.25) is 23.0 Å². The fourth-order valence-corrected chi connectivity index (χ4v) is 1.10. The Labute approximate surface area is 256 Å². The first kappa shape index (κ1) is 48.1. The molecule has 0 aliphatic heterocycles. The molecular weight excluding hydrogens is 736 g/mol. The maximum atomic E-state index is 11.3. The van der Waals surface area contributed by atoms with E-state index in [2.05, 4.69) is 0 Å². The first-order valence-corrected chi connectivity index (χ1v) is 9.29. The molecule has 0 unspecified atom stereocenters. The van der Waals surface area contributed by atoms with Crippen molar-refractivity contribution < 1.29 is 134 Å². The summed E-state index contributed by atoms with van der Waals surface area (Å²) in [6.07, 6.45) is -18.8. The van der Waals surface area contributed by atoms with Crippen LogP contribution in [0.2, 0.25) is 0 Å². The molecule has 0 aliphatic carbocycles. The zero-order valence-electron chi connectivity index (χ0n) is 20.8. The van der Waals surface area contributed by atoms with Gasteiger partial charge in [0.25, 0.3) is 0 Å². The van der Waals surface area contributed by atoms with Crippen molar-refractivity contribution in [3.8, 4) is 0 Å². The van der Waals surface area contributed by atoms with Crippen molar-refractivity contribution >= 4 is 23.1 Å². The van der Waals surface area contributed by atoms with E-state index >= 15 is 0 Å². The minimum absolute atomic E-state index is 0. The molecule has 21 heteroatoms. The molecule has 0 amide bonds. The van der Waals surface area contributed by atoms with Crippen LogP contribution in [0.1, 0.15) is 27.7 Å². The van der Waals surface area contributed by atoms with Gasteiger partial charge in [-0.05, 0) is 27.7 Å². The number of carbonyl (C=O) groups is 4. The fourth-order valence-electron chi connectivity index (χ4n) is 1.10. The Bertz CT molecular complexity index is 840. The molecule has 0 spiro atoms. The van der Waals surface area contributed by atoms with Crippen LogP contribution in [-0.4, -0.2) is 68.3 Å². The smallest absolute Gasteiger partial charge is 0.448 e. The van der Waals surface area contributed by atoms with Crippen LogP contribution in [0.4, 0.5) is 52.7 Å². The summed E-state index contributed by atoms with van der Waals surface area (Å²) in [4.78, 5) is 39.9. The van der Waals surface area contributed by atoms with E-state index in [0.29, 0.717) is 0 Å². The molecule has 0 rings (SSSR count). The molecule has 0 aromatic rings. The monoisotopic (exact) mass is 756 g/mol. The summed E-state index contributed by atoms with van der Waals surface area (Å²) >= 11 is 0. The Kier molecular flexibility index (Phi) is 23.8. The summed E-state index contributed by atoms with van der Waals surface area (Å²) in [7, 11) is 0. The zero-order chi connectivity index (χ0) is 33.4. The van der Waals surface area contributed by atoms with Crippen molar-refractivity contribution in [2.24, 2.45) is 0 Å². The van der Waals surface area contributed by atoms with E-state index in [1.54, 1.807) is 0 Å². The summed E-state index contributed by atoms with van der Waals surface area (Å²) in [6.45, 7) is 3.67. The molecule has 0 atom stereocenters. The van der Waals surface area contributed by atoms with Crippen LogP contribution >= 0.6 is 0 Å². The molecule has 0 heterocycles. The Hall–Kier alpha value is -2.62. The maximum absolute atomic E-state index is 11.3. The Balaban J connectivity index is -0.000000139. The third-order valence-electron chi connectivity index (χ3n) is 2.52. The van der Waals surface area contributed by atoms with Gasteiger partial charge in [-0.2, -0.15) is 52.7 Å². The number of ketones is 4. The van der Waals surface area contributed by atoms with E-state index in [9.17, 15) is 71.9 Å². The van der Waals surface area contributed by atoms with Crippen molar-refractivity contribution in [1.29, 1.82) is 0 Å². The molecule has 41 heavy (non-hydrogen) atoms. The van der Waals surface area contributed by atoms with E-state index in [1.165, 1.54) is 0 Å². The minimum atomic E-state index is -4.81. The van der Waals surface area contributed by atoms with E-state index < -0.39 is 70.9 Å². The Morgan fingerprint density at radius 3 is 0.512 bits per heavy atom. The molecule has 0 aromatic carbocycles. The molecule has 0 radical (unpaired) electrons. The van der Waals surface area contributed by atoms with Crippen molar-refractivity contribution in [3.63, 3.8) is 0 Å². The van der Waals surface area contributed by atoms with E-state index in [1.807, 2.05) is 0 Å². The van der Waals surface area contributed by atoms with Gasteiger partial charge in [0.05, 0.1) is 0 Å². The number of hydrogen-bond donors (Lipinski definition) is 4. The van der Waals surface area contributed by atoms with Crippen LogP contribution in [0, 0.1) is 41.7 Å². The summed E-state index contributed by atoms with van der Waals surface area (Å²) in [5.41, 5.74) is 0. The van der Waals surface area contributed by atoms with Gasteiger partial charge < -0.3 is 20.4 Å². The number of aliphatic hydroxyl groups is 4. The van der Waals surface area contributed by atoms with Gasteiger partial charge >= 0.3 is 24.7 Å². The second kappa shape index (κ2) is 20.3. The molecule has 0 fully saturated rings. The Morgan fingerprint density at radius 1 is 0.390 bits per heavy atom. The van der Waals surface area contributed by atoms with Gasteiger partial charge in [-0.25, -0.2) is 0 Å². The fraction of sp³-hybridized carbons (Fsp3) is 0.400. The standard InChI is InChI=1S/4C5H5F3O2.Ce/c4*1-3(9)2-4(10)5(6,7)8;/h4*2,10H,1H3;. The van der Waals surface area contributed by atoms with Gasteiger partial charge in [-0.1, -0.05) is 0 Å². The van der Waals surface area contributed by atoms with Crippen LogP contribution in [0.15, 0.2) is 47.3 Å². The number of allylic oxidation sites excluding steroid dienone is 8. The van der Waals surface area contributed by atoms with Crippen molar-refractivity contribution in [1.82, 2.24) is 0 Å².